The average Bonchev–Trinajstić information content (AvgIpc) is 2.74. The zero-order chi connectivity index (χ0) is 15.1. The standard InChI is InChI=1S/C16H14N2O2S/c1-8-10(3)21-16-13(8)15(20)17-14(18-16)12-6-4-11(5-7-12)9(2)19/h4-7H,1-3H3,(H,17,18,20). The van der Waals surface area contributed by atoms with E-state index in [-0.39, 0.29) is 11.3 Å². The molecule has 0 amide bonds. The molecule has 0 atom stereocenters. The zero-order valence-corrected chi connectivity index (χ0v) is 12.8. The summed E-state index contributed by atoms with van der Waals surface area (Å²) in [5.74, 6) is 0.548. The maximum absolute atomic E-state index is 12.2. The van der Waals surface area contributed by atoms with Gasteiger partial charge < -0.3 is 4.98 Å². The van der Waals surface area contributed by atoms with E-state index in [4.69, 9.17) is 0 Å². The second kappa shape index (κ2) is 4.93. The minimum atomic E-state index is -0.118. The van der Waals surface area contributed by atoms with Gasteiger partial charge in [-0.05, 0) is 26.3 Å². The normalized spacial score (nSPS) is 11.0. The number of Topliss-reactive ketones (excluding diaryl/α,β-unsaturated/α-hetero) is 1. The van der Waals surface area contributed by atoms with E-state index in [1.807, 2.05) is 13.8 Å². The number of carbonyl (C=O) groups is 1. The molecule has 3 rings (SSSR count). The molecular weight excluding hydrogens is 284 g/mol. The summed E-state index contributed by atoms with van der Waals surface area (Å²) in [6, 6.07) is 7.09. The van der Waals surface area contributed by atoms with Crippen LogP contribution in [0, 0.1) is 13.8 Å². The molecule has 0 saturated carbocycles. The van der Waals surface area contributed by atoms with E-state index in [0.29, 0.717) is 16.8 Å². The number of benzene rings is 1. The van der Waals surface area contributed by atoms with Gasteiger partial charge in [0.15, 0.2) is 5.78 Å². The number of aromatic nitrogens is 2. The van der Waals surface area contributed by atoms with E-state index in [2.05, 4.69) is 9.97 Å². The Bertz CT molecular complexity index is 904. The molecule has 0 fully saturated rings. The van der Waals surface area contributed by atoms with Gasteiger partial charge in [0.2, 0.25) is 0 Å². The number of aromatic amines is 1. The van der Waals surface area contributed by atoms with Crippen LogP contribution in [0.3, 0.4) is 0 Å². The molecule has 0 saturated heterocycles. The number of fused-ring (bicyclic) bond motifs is 1. The van der Waals surface area contributed by atoms with Gasteiger partial charge in [0.05, 0.1) is 5.39 Å². The smallest absolute Gasteiger partial charge is 0.260 e. The van der Waals surface area contributed by atoms with Crippen molar-refractivity contribution in [3.63, 3.8) is 0 Å². The highest BCUT2D eigenvalue weighted by atomic mass is 32.1. The van der Waals surface area contributed by atoms with Crippen molar-refractivity contribution in [3.8, 4) is 11.4 Å². The van der Waals surface area contributed by atoms with Gasteiger partial charge in [-0.1, -0.05) is 24.3 Å². The van der Waals surface area contributed by atoms with E-state index in [1.54, 1.807) is 24.3 Å². The van der Waals surface area contributed by atoms with Crippen LogP contribution in [0.4, 0.5) is 0 Å². The van der Waals surface area contributed by atoms with Crippen LogP contribution in [0.5, 0.6) is 0 Å². The van der Waals surface area contributed by atoms with Crippen LogP contribution < -0.4 is 5.56 Å². The highest BCUT2D eigenvalue weighted by Gasteiger charge is 2.12. The van der Waals surface area contributed by atoms with Crippen molar-refractivity contribution in [2.45, 2.75) is 20.8 Å². The highest BCUT2D eigenvalue weighted by molar-refractivity contribution is 7.18. The maximum Gasteiger partial charge on any atom is 0.260 e. The summed E-state index contributed by atoms with van der Waals surface area (Å²) in [6.45, 7) is 5.45. The Hall–Kier alpha value is -2.27. The number of thiophene rings is 1. The summed E-state index contributed by atoms with van der Waals surface area (Å²) in [4.78, 5) is 32.7. The first-order chi connectivity index (χ1) is 9.97. The molecule has 1 N–H and O–H groups in total. The van der Waals surface area contributed by atoms with Gasteiger partial charge in [-0.2, -0.15) is 0 Å². The number of nitrogens with zero attached hydrogens (tertiary/aromatic N) is 1. The molecule has 3 aromatic rings. The maximum atomic E-state index is 12.2. The SMILES string of the molecule is CC(=O)c1ccc(-c2nc3sc(C)c(C)c3c(=O)[nH]2)cc1. The van der Waals surface area contributed by atoms with Crippen LogP contribution in [0.25, 0.3) is 21.6 Å². The van der Waals surface area contributed by atoms with Gasteiger partial charge in [0, 0.05) is 16.0 Å². The van der Waals surface area contributed by atoms with Crippen LogP contribution in [-0.4, -0.2) is 15.8 Å². The van der Waals surface area contributed by atoms with E-state index in [0.717, 1.165) is 20.8 Å². The number of aryl methyl sites for hydroxylation is 2. The quantitative estimate of drug-likeness (QED) is 0.737. The average molecular weight is 298 g/mol. The van der Waals surface area contributed by atoms with Gasteiger partial charge in [0.1, 0.15) is 10.7 Å². The number of nitrogens with one attached hydrogen (secondary N) is 1. The molecule has 0 bridgehead atoms. The molecule has 2 heterocycles. The fourth-order valence-corrected chi connectivity index (χ4v) is 3.28. The topological polar surface area (TPSA) is 62.8 Å². The summed E-state index contributed by atoms with van der Waals surface area (Å²) in [5.41, 5.74) is 2.31. The molecule has 106 valence electrons. The van der Waals surface area contributed by atoms with E-state index in [9.17, 15) is 9.59 Å². The van der Waals surface area contributed by atoms with Gasteiger partial charge >= 0.3 is 0 Å². The first-order valence-corrected chi connectivity index (χ1v) is 7.40. The fraction of sp³-hybridized carbons (Fsp3) is 0.188. The first kappa shape index (κ1) is 13.7. The lowest BCUT2D eigenvalue weighted by atomic mass is 10.1. The van der Waals surface area contributed by atoms with Crippen molar-refractivity contribution < 1.29 is 4.79 Å². The summed E-state index contributed by atoms with van der Waals surface area (Å²) < 4.78 is 0. The third-order valence-electron chi connectivity index (χ3n) is 3.60. The van der Waals surface area contributed by atoms with Gasteiger partial charge in [0.25, 0.3) is 5.56 Å². The molecule has 4 nitrogen and oxygen atoms in total. The third-order valence-corrected chi connectivity index (χ3v) is 4.71. The van der Waals surface area contributed by atoms with E-state index in [1.165, 1.54) is 18.3 Å². The largest absolute Gasteiger partial charge is 0.306 e. The summed E-state index contributed by atoms with van der Waals surface area (Å²) >= 11 is 1.52. The number of hydrogen-bond acceptors (Lipinski definition) is 4. The lowest BCUT2D eigenvalue weighted by Crippen LogP contribution is -2.09. The Morgan fingerprint density at radius 3 is 2.48 bits per heavy atom. The molecule has 1 aromatic carbocycles. The highest BCUT2D eigenvalue weighted by Crippen LogP contribution is 2.27. The van der Waals surface area contributed by atoms with Crippen LogP contribution in [0.2, 0.25) is 0 Å². The Morgan fingerprint density at radius 2 is 1.86 bits per heavy atom. The molecule has 21 heavy (non-hydrogen) atoms. The molecule has 0 aliphatic rings. The Morgan fingerprint density at radius 1 is 1.19 bits per heavy atom. The number of carbonyl (C=O) groups excluding carboxylic acids is 1. The third kappa shape index (κ3) is 2.29. The molecule has 0 aliphatic carbocycles. The van der Waals surface area contributed by atoms with Gasteiger partial charge in [-0.25, -0.2) is 4.98 Å². The van der Waals surface area contributed by atoms with Crippen LogP contribution in [0.1, 0.15) is 27.7 Å². The van der Waals surface area contributed by atoms with Gasteiger partial charge in [-0.15, -0.1) is 11.3 Å². The molecule has 2 aromatic heterocycles. The Balaban J connectivity index is 2.17. The van der Waals surface area contributed by atoms with Crippen molar-refractivity contribution in [2.24, 2.45) is 0 Å². The molecule has 0 radical (unpaired) electrons. The molecular formula is C16H14N2O2S. The summed E-state index contributed by atoms with van der Waals surface area (Å²) in [6.07, 6.45) is 0. The Kier molecular flexibility index (Phi) is 3.22. The predicted molar refractivity (Wildman–Crippen MR) is 85.2 cm³/mol. The number of ketones is 1. The minimum Gasteiger partial charge on any atom is -0.306 e. The fourth-order valence-electron chi connectivity index (χ4n) is 2.25. The van der Waals surface area contributed by atoms with Crippen molar-refractivity contribution in [3.05, 3.63) is 50.6 Å². The molecule has 0 unspecified atom stereocenters. The van der Waals surface area contributed by atoms with Crippen molar-refractivity contribution in [1.82, 2.24) is 9.97 Å². The van der Waals surface area contributed by atoms with E-state index >= 15 is 0 Å². The predicted octanol–water partition coefficient (Wildman–Crippen LogP) is 3.47. The second-order valence-electron chi connectivity index (χ2n) is 5.01. The first-order valence-electron chi connectivity index (χ1n) is 6.59. The summed E-state index contributed by atoms with van der Waals surface area (Å²) in [7, 11) is 0. The summed E-state index contributed by atoms with van der Waals surface area (Å²) in [5, 5.41) is 0.668. The lowest BCUT2D eigenvalue weighted by molar-refractivity contribution is 0.101. The number of H-pyrrole nitrogens is 1. The van der Waals surface area contributed by atoms with E-state index < -0.39 is 0 Å². The van der Waals surface area contributed by atoms with Crippen LogP contribution >= 0.6 is 11.3 Å². The molecule has 0 spiro atoms. The van der Waals surface area contributed by atoms with Crippen molar-refractivity contribution in [1.29, 1.82) is 0 Å². The van der Waals surface area contributed by atoms with Crippen LogP contribution in [-0.2, 0) is 0 Å². The van der Waals surface area contributed by atoms with Crippen molar-refractivity contribution in [2.75, 3.05) is 0 Å². The molecule has 5 heteroatoms. The molecule has 0 aliphatic heterocycles. The Labute approximate surface area is 125 Å². The van der Waals surface area contributed by atoms with Gasteiger partial charge in [-0.3, -0.25) is 9.59 Å². The monoisotopic (exact) mass is 298 g/mol. The zero-order valence-electron chi connectivity index (χ0n) is 12.0. The second-order valence-corrected chi connectivity index (χ2v) is 6.21. The number of rotatable bonds is 2. The number of hydrogen-bond donors (Lipinski definition) is 1. The minimum absolute atomic E-state index is 0.0166. The lowest BCUT2D eigenvalue weighted by Gasteiger charge is -2.02. The van der Waals surface area contributed by atoms with Crippen LogP contribution in [0.15, 0.2) is 29.1 Å². The van der Waals surface area contributed by atoms with Crippen molar-refractivity contribution >= 4 is 27.3 Å².